The Morgan fingerprint density at radius 2 is 2.50 bits per heavy atom. The van der Waals surface area contributed by atoms with E-state index in [1.165, 1.54) is 11.3 Å². The normalized spacial score (nSPS) is 8.90. The smallest absolute Gasteiger partial charge is 0.185 e. The van der Waals surface area contributed by atoms with E-state index in [2.05, 4.69) is 10.3 Å². The first-order valence-corrected chi connectivity index (χ1v) is 3.71. The largest absolute Gasteiger partial charge is 0.365 e. The third-order valence-corrected chi connectivity index (χ3v) is 2.26. The van der Waals surface area contributed by atoms with E-state index in [0.717, 1.165) is 0 Å². The van der Waals surface area contributed by atoms with Crippen molar-refractivity contribution in [3.8, 4) is 6.07 Å². The molecule has 0 saturated heterocycles. The van der Waals surface area contributed by atoms with Gasteiger partial charge in [0.05, 0.1) is 0 Å². The molecule has 0 aromatic carbocycles. The average molecular weight is 174 g/mol. The molecular formula is C5H4ClN3S. The van der Waals surface area contributed by atoms with E-state index in [1.54, 1.807) is 7.05 Å². The molecule has 0 saturated carbocycles. The molecule has 0 fully saturated rings. The zero-order valence-electron chi connectivity index (χ0n) is 5.18. The second-order valence-corrected chi connectivity index (χ2v) is 2.86. The van der Waals surface area contributed by atoms with Crippen molar-refractivity contribution >= 4 is 28.1 Å². The van der Waals surface area contributed by atoms with Crippen molar-refractivity contribution in [2.75, 3.05) is 12.4 Å². The molecule has 0 amide bonds. The molecule has 0 atom stereocenters. The third-order valence-electron chi connectivity index (χ3n) is 0.901. The van der Waals surface area contributed by atoms with Crippen LogP contribution in [0.3, 0.4) is 0 Å². The number of nitriles is 1. The fraction of sp³-hybridized carbons (Fsp3) is 0.200. The summed E-state index contributed by atoms with van der Waals surface area (Å²) in [5.41, 5.74) is 0. The Morgan fingerprint density at radius 1 is 1.80 bits per heavy atom. The van der Waals surface area contributed by atoms with Crippen molar-refractivity contribution in [2.45, 2.75) is 0 Å². The lowest BCUT2D eigenvalue weighted by molar-refractivity contribution is 1.36. The monoisotopic (exact) mass is 173 g/mol. The number of hydrogen-bond donors (Lipinski definition) is 1. The van der Waals surface area contributed by atoms with Crippen LogP contribution < -0.4 is 5.32 Å². The summed E-state index contributed by atoms with van der Waals surface area (Å²) in [4.78, 5) is 4.30. The molecule has 0 aliphatic carbocycles. The highest BCUT2D eigenvalue weighted by Crippen LogP contribution is 2.24. The van der Waals surface area contributed by atoms with E-state index in [4.69, 9.17) is 16.9 Å². The second kappa shape index (κ2) is 2.86. The van der Waals surface area contributed by atoms with E-state index < -0.39 is 0 Å². The Labute approximate surface area is 67.3 Å². The van der Waals surface area contributed by atoms with Gasteiger partial charge in [-0.05, 0) is 0 Å². The fourth-order valence-corrected chi connectivity index (χ4v) is 1.38. The number of nitrogens with one attached hydrogen (secondary N) is 1. The summed E-state index contributed by atoms with van der Waals surface area (Å²) in [5, 5.41) is 12.2. The average Bonchev–Trinajstić information content (AvgIpc) is 2.30. The lowest BCUT2D eigenvalue weighted by Gasteiger charge is -1.84. The SMILES string of the molecule is CNc1nc(Cl)c(C#N)s1. The van der Waals surface area contributed by atoms with Crippen LogP contribution >= 0.6 is 22.9 Å². The number of rotatable bonds is 1. The van der Waals surface area contributed by atoms with Crippen LogP contribution in [0, 0.1) is 11.3 Å². The minimum Gasteiger partial charge on any atom is -0.365 e. The number of nitrogens with zero attached hydrogens (tertiary/aromatic N) is 2. The highest BCUT2D eigenvalue weighted by atomic mass is 35.5. The highest BCUT2D eigenvalue weighted by Gasteiger charge is 2.05. The van der Waals surface area contributed by atoms with Crippen LogP contribution in [0.4, 0.5) is 5.13 Å². The van der Waals surface area contributed by atoms with Crippen molar-refractivity contribution in [2.24, 2.45) is 0 Å². The maximum absolute atomic E-state index is 8.44. The van der Waals surface area contributed by atoms with Crippen LogP contribution in [0.2, 0.25) is 5.15 Å². The summed E-state index contributed by atoms with van der Waals surface area (Å²) in [6.07, 6.45) is 0. The standard InChI is InChI=1S/C5H4ClN3S/c1-8-5-9-4(6)3(2-7)10-5/h1H3,(H,8,9). The van der Waals surface area contributed by atoms with Gasteiger partial charge in [-0.2, -0.15) is 5.26 Å². The summed E-state index contributed by atoms with van der Waals surface area (Å²) >= 11 is 6.80. The second-order valence-electron chi connectivity index (χ2n) is 1.50. The van der Waals surface area contributed by atoms with Crippen molar-refractivity contribution in [1.29, 1.82) is 5.26 Å². The molecule has 1 aromatic heterocycles. The minimum absolute atomic E-state index is 0.275. The van der Waals surface area contributed by atoms with Gasteiger partial charge in [-0.25, -0.2) is 4.98 Å². The highest BCUT2D eigenvalue weighted by molar-refractivity contribution is 7.16. The van der Waals surface area contributed by atoms with E-state index >= 15 is 0 Å². The van der Waals surface area contributed by atoms with Crippen molar-refractivity contribution < 1.29 is 0 Å². The van der Waals surface area contributed by atoms with Gasteiger partial charge in [0.1, 0.15) is 10.9 Å². The van der Waals surface area contributed by atoms with Gasteiger partial charge in [0.2, 0.25) is 0 Å². The number of hydrogen-bond acceptors (Lipinski definition) is 4. The quantitative estimate of drug-likeness (QED) is 0.704. The van der Waals surface area contributed by atoms with Gasteiger partial charge in [0.25, 0.3) is 0 Å². The predicted molar refractivity (Wildman–Crippen MR) is 41.4 cm³/mol. The molecule has 0 unspecified atom stereocenters. The lowest BCUT2D eigenvalue weighted by Crippen LogP contribution is -1.83. The molecule has 3 nitrogen and oxygen atoms in total. The maximum atomic E-state index is 8.44. The first-order chi connectivity index (χ1) is 4.77. The molecular weight excluding hydrogens is 170 g/mol. The first-order valence-electron chi connectivity index (χ1n) is 2.52. The molecule has 1 heterocycles. The van der Waals surface area contributed by atoms with Crippen LogP contribution in [0.15, 0.2) is 0 Å². The molecule has 0 spiro atoms. The zero-order chi connectivity index (χ0) is 7.56. The molecule has 0 bridgehead atoms. The number of aromatic nitrogens is 1. The summed E-state index contributed by atoms with van der Waals surface area (Å²) in [7, 11) is 1.73. The number of thiazole rings is 1. The molecule has 0 aliphatic heterocycles. The van der Waals surface area contributed by atoms with E-state index in [0.29, 0.717) is 10.0 Å². The van der Waals surface area contributed by atoms with Crippen molar-refractivity contribution in [3.05, 3.63) is 10.0 Å². The number of halogens is 1. The zero-order valence-corrected chi connectivity index (χ0v) is 6.75. The molecule has 1 rings (SSSR count). The van der Waals surface area contributed by atoms with Gasteiger partial charge >= 0.3 is 0 Å². The summed E-state index contributed by atoms with van der Waals surface area (Å²) in [6, 6.07) is 1.93. The Kier molecular flexibility index (Phi) is 2.10. The van der Waals surface area contributed by atoms with Crippen LogP contribution in [0.5, 0.6) is 0 Å². The fourth-order valence-electron chi connectivity index (χ4n) is 0.477. The molecule has 10 heavy (non-hydrogen) atoms. The van der Waals surface area contributed by atoms with Gasteiger partial charge in [-0.15, -0.1) is 0 Å². The lowest BCUT2D eigenvalue weighted by atomic mass is 10.6. The van der Waals surface area contributed by atoms with Gasteiger partial charge in [0.15, 0.2) is 10.3 Å². The topological polar surface area (TPSA) is 48.7 Å². The molecule has 0 radical (unpaired) electrons. The Bertz CT molecular complexity index is 275. The Balaban J connectivity index is 3.07. The van der Waals surface area contributed by atoms with Crippen LogP contribution in [-0.4, -0.2) is 12.0 Å². The van der Waals surface area contributed by atoms with E-state index in [1.807, 2.05) is 6.07 Å². The molecule has 1 aromatic rings. The molecule has 5 heteroatoms. The van der Waals surface area contributed by atoms with Gasteiger partial charge in [-0.1, -0.05) is 22.9 Å². The van der Waals surface area contributed by atoms with Gasteiger partial charge < -0.3 is 5.32 Å². The van der Waals surface area contributed by atoms with Crippen LogP contribution in [0.1, 0.15) is 4.88 Å². The van der Waals surface area contributed by atoms with Crippen LogP contribution in [-0.2, 0) is 0 Å². The van der Waals surface area contributed by atoms with Gasteiger partial charge in [0, 0.05) is 7.05 Å². The van der Waals surface area contributed by atoms with Crippen molar-refractivity contribution in [1.82, 2.24) is 4.98 Å². The first kappa shape index (κ1) is 7.32. The molecule has 52 valence electrons. The van der Waals surface area contributed by atoms with Crippen molar-refractivity contribution in [3.63, 3.8) is 0 Å². The summed E-state index contributed by atoms with van der Waals surface area (Å²) in [5.74, 6) is 0. The predicted octanol–water partition coefficient (Wildman–Crippen LogP) is 1.71. The molecule has 0 aliphatic rings. The maximum Gasteiger partial charge on any atom is 0.185 e. The Hall–Kier alpha value is -0.790. The molecule has 1 N–H and O–H groups in total. The van der Waals surface area contributed by atoms with E-state index in [9.17, 15) is 0 Å². The van der Waals surface area contributed by atoms with E-state index in [-0.39, 0.29) is 5.15 Å². The third kappa shape index (κ3) is 1.20. The van der Waals surface area contributed by atoms with Gasteiger partial charge in [-0.3, -0.25) is 0 Å². The Morgan fingerprint density at radius 3 is 2.80 bits per heavy atom. The van der Waals surface area contributed by atoms with Crippen LogP contribution in [0.25, 0.3) is 0 Å². The summed E-state index contributed by atoms with van der Waals surface area (Å²) < 4.78 is 0. The minimum atomic E-state index is 0.275. The summed E-state index contributed by atoms with van der Waals surface area (Å²) in [6.45, 7) is 0. The number of anilines is 1.